The number of benzene rings is 12. The number of nitriles is 1. The summed E-state index contributed by atoms with van der Waals surface area (Å²) >= 11 is 3.47. The number of hydrogen-bond donors (Lipinski definition) is 0. The summed E-state index contributed by atoms with van der Waals surface area (Å²) in [5.74, 6) is 1.56. The molecule has 0 aliphatic rings. The van der Waals surface area contributed by atoms with Crippen molar-refractivity contribution in [1.29, 1.82) is 5.26 Å². The van der Waals surface area contributed by atoms with Gasteiger partial charge in [-0.3, -0.25) is 14.1 Å². The van der Waals surface area contributed by atoms with Crippen LogP contribution in [0.4, 0.5) is 0 Å². The van der Waals surface area contributed by atoms with Crippen LogP contribution in [0.15, 0.2) is 284 Å². The zero-order valence-corrected chi connectivity index (χ0v) is 51.0. The Morgan fingerprint density at radius 2 is 0.882 bits per heavy atom. The van der Waals surface area contributed by atoms with Crippen LogP contribution in [-0.4, -0.2) is 34.1 Å². The maximum absolute atomic E-state index is 9.42. The van der Waals surface area contributed by atoms with Gasteiger partial charge in [0.1, 0.15) is 32.8 Å². The normalized spacial score (nSPS) is 11.9. The van der Waals surface area contributed by atoms with Crippen LogP contribution in [0.5, 0.6) is 0 Å². The van der Waals surface area contributed by atoms with E-state index in [1.165, 1.54) is 63.3 Å². The highest BCUT2D eigenvalue weighted by Gasteiger charge is 2.25. The van der Waals surface area contributed by atoms with Gasteiger partial charge in [0.2, 0.25) is 5.71 Å². The summed E-state index contributed by atoms with van der Waals surface area (Å²) in [5.41, 5.74) is 15.7. The topological polar surface area (TPSA) is 111 Å². The van der Waals surface area contributed by atoms with Gasteiger partial charge in [-0.2, -0.15) is 10.2 Å². The lowest BCUT2D eigenvalue weighted by Gasteiger charge is -2.13. The van der Waals surface area contributed by atoms with Gasteiger partial charge in [-0.1, -0.05) is 182 Å². The van der Waals surface area contributed by atoms with Crippen LogP contribution in [0.2, 0.25) is 0 Å². The molecule has 0 fully saturated rings. The van der Waals surface area contributed by atoms with Crippen LogP contribution >= 0.6 is 22.7 Å². The summed E-state index contributed by atoms with van der Waals surface area (Å²) in [4.78, 5) is 26.8. The molecular weight excluding hydrogens is 1180 g/mol. The Morgan fingerprint density at radius 1 is 0.344 bits per heavy atom. The van der Waals surface area contributed by atoms with Gasteiger partial charge in [0.05, 0.1) is 33.7 Å². The summed E-state index contributed by atoms with van der Waals surface area (Å²) in [6.07, 6.45) is 3.65. The number of para-hydroxylation sites is 2. The minimum atomic E-state index is 0.506. The second kappa shape index (κ2) is 20.9. The lowest BCUT2D eigenvalue weighted by atomic mass is 10.0. The summed E-state index contributed by atoms with van der Waals surface area (Å²) in [5, 5.41) is 23.5. The molecule has 432 valence electrons. The van der Waals surface area contributed by atoms with Gasteiger partial charge in [0.25, 0.3) is 0 Å². The second-order valence-corrected chi connectivity index (χ2v) is 25.6. The van der Waals surface area contributed by atoms with E-state index in [0.717, 1.165) is 115 Å². The van der Waals surface area contributed by atoms with Gasteiger partial charge < -0.3 is 4.42 Å². The Bertz CT molecular complexity index is 6530. The van der Waals surface area contributed by atoms with Gasteiger partial charge in [-0.25, -0.2) is 15.0 Å². The summed E-state index contributed by atoms with van der Waals surface area (Å²) in [6.45, 7) is 0. The third-order valence-corrected chi connectivity index (χ3v) is 20.3. The predicted octanol–water partition coefficient (Wildman–Crippen LogP) is 22.0. The third kappa shape index (κ3) is 8.54. The zero-order chi connectivity index (χ0) is 61.3. The molecule has 12 aromatic carbocycles. The summed E-state index contributed by atoms with van der Waals surface area (Å²) in [7, 11) is 0. The van der Waals surface area contributed by atoms with Crippen LogP contribution in [0.25, 0.3) is 184 Å². The van der Waals surface area contributed by atoms with E-state index in [0.29, 0.717) is 11.3 Å². The predicted molar refractivity (Wildman–Crippen MR) is 385 cm³/mol. The highest BCUT2D eigenvalue weighted by atomic mass is 32.1. The fourth-order valence-electron chi connectivity index (χ4n) is 13.7. The van der Waals surface area contributed by atoms with Crippen LogP contribution in [-0.2, 0) is 0 Å². The van der Waals surface area contributed by atoms with E-state index < -0.39 is 0 Å². The average molecular weight is 1220 g/mol. The lowest BCUT2D eigenvalue weighted by Crippen LogP contribution is -2.03. The van der Waals surface area contributed by atoms with Crippen LogP contribution < -0.4 is 0 Å². The number of rotatable bonds is 6. The van der Waals surface area contributed by atoms with Crippen molar-refractivity contribution in [3.05, 3.63) is 285 Å². The highest BCUT2D eigenvalue weighted by molar-refractivity contribution is 7.26. The minimum absolute atomic E-state index is 0.506. The van der Waals surface area contributed by atoms with E-state index in [-0.39, 0.29) is 0 Å². The summed E-state index contributed by atoms with van der Waals surface area (Å²) < 4.78 is 14.7. The number of aromatic nitrogens is 7. The third-order valence-electron chi connectivity index (χ3n) is 18.1. The van der Waals surface area contributed by atoms with E-state index in [1.54, 1.807) is 17.5 Å². The SMILES string of the molecule is N#Cc1cccc(-c2ccc3c(c2)sc2nc(-n4c5ccccc5c5cc6ccccc6cc54)c(-c4ccccc4)nc23)c1.c1cncc(-c2ccc3c(c2)oc2nc(-n4c5ccccc5c5cc6ccccc6cc54)c(-c4ccc5c(c4)sc4ccccc45)nc23)c1. The van der Waals surface area contributed by atoms with E-state index in [9.17, 15) is 5.26 Å². The van der Waals surface area contributed by atoms with Crippen LogP contribution in [0.3, 0.4) is 0 Å². The minimum Gasteiger partial charge on any atom is -0.436 e. The average Bonchev–Trinajstić information content (AvgIpc) is 1.60. The van der Waals surface area contributed by atoms with Gasteiger partial charge in [0.15, 0.2) is 11.6 Å². The Kier molecular flexibility index (Phi) is 11.9. The number of fused-ring (bicyclic) bond motifs is 17. The number of hydrogen-bond acceptors (Lipinski definition) is 9. The number of thiophene rings is 2. The van der Waals surface area contributed by atoms with E-state index in [2.05, 4.69) is 251 Å². The van der Waals surface area contributed by atoms with Crippen molar-refractivity contribution >= 4 is 151 Å². The van der Waals surface area contributed by atoms with E-state index in [1.807, 2.05) is 53.9 Å². The molecule has 0 amide bonds. The van der Waals surface area contributed by atoms with Crippen LogP contribution in [0.1, 0.15) is 5.56 Å². The Hall–Kier alpha value is -12.2. The monoisotopic (exact) mass is 1220 g/mol. The van der Waals surface area contributed by atoms with Gasteiger partial charge >= 0.3 is 0 Å². The molecule has 0 aliphatic heterocycles. The molecule has 8 heterocycles. The molecule has 0 saturated carbocycles. The molecule has 11 heteroatoms. The largest absolute Gasteiger partial charge is 0.436 e. The molecule has 9 nitrogen and oxygen atoms in total. The molecule has 0 N–H and O–H groups in total. The molecule has 0 aliphatic carbocycles. The summed E-state index contributed by atoms with van der Waals surface area (Å²) in [6, 6.07) is 95.6. The molecule has 20 rings (SSSR count). The first kappa shape index (κ1) is 52.7. The first-order valence-electron chi connectivity index (χ1n) is 30.7. The quantitative estimate of drug-likeness (QED) is 0.163. The zero-order valence-electron chi connectivity index (χ0n) is 49.4. The molecule has 0 saturated heterocycles. The molecule has 0 unspecified atom stereocenters. The van der Waals surface area contributed by atoms with Gasteiger partial charge in [-0.05, 0) is 123 Å². The first-order valence-corrected chi connectivity index (χ1v) is 32.4. The number of furan rings is 1. The van der Waals surface area contributed by atoms with Crippen molar-refractivity contribution in [2.45, 2.75) is 0 Å². The molecule has 0 radical (unpaired) electrons. The smallest absolute Gasteiger partial charge is 0.248 e. The Balaban J connectivity index is 0.000000133. The Labute approximate surface area is 538 Å². The van der Waals surface area contributed by atoms with Crippen LogP contribution in [0, 0.1) is 11.3 Å². The highest BCUT2D eigenvalue weighted by Crippen LogP contribution is 2.44. The molecule has 20 aromatic rings. The molecule has 0 bridgehead atoms. The van der Waals surface area contributed by atoms with Crippen molar-refractivity contribution in [2.24, 2.45) is 0 Å². The van der Waals surface area contributed by atoms with Gasteiger partial charge in [-0.15, -0.1) is 22.7 Å². The maximum Gasteiger partial charge on any atom is 0.248 e. The second-order valence-electron chi connectivity index (χ2n) is 23.5. The van der Waals surface area contributed by atoms with Crippen molar-refractivity contribution < 1.29 is 4.42 Å². The number of pyridine rings is 1. The van der Waals surface area contributed by atoms with Crippen molar-refractivity contribution in [2.75, 3.05) is 0 Å². The van der Waals surface area contributed by atoms with Crippen molar-refractivity contribution in [3.8, 4) is 62.5 Å². The van der Waals surface area contributed by atoms with Gasteiger partial charge in [0, 0.05) is 86.3 Å². The fourth-order valence-corrected chi connectivity index (χ4v) is 15.9. The molecule has 0 atom stereocenters. The maximum atomic E-state index is 9.42. The van der Waals surface area contributed by atoms with Crippen molar-refractivity contribution in [3.63, 3.8) is 0 Å². The molecule has 8 aromatic heterocycles. The first-order chi connectivity index (χ1) is 46.0. The van der Waals surface area contributed by atoms with E-state index >= 15 is 0 Å². The molecular formula is C82H46N8OS2. The number of nitrogens with zero attached hydrogens (tertiary/aromatic N) is 8. The molecule has 0 spiro atoms. The van der Waals surface area contributed by atoms with E-state index in [4.69, 9.17) is 24.4 Å². The standard InChI is InChI=1S/C43H24N4OS.C39H22N4S/c1-2-9-26-21-36-34(20-25(26)8-1)30-11-3-5-13-35(30)47(36)42-40(28-16-17-32-31-12-4-6-14-38(31)49-39(32)23-28)45-41-33-18-15-27(29-10-7-19-44-24-29)22-37(33)48-43(41)46-42;40-23-24-9-8-14-26(19-24)29-17-18-31-35(22-29)44-39-37(31)41-36(25-10-2-1-3-11-25)38(42-39)43-33-16-7-6-15-30(33)32-20-27-12-4-5-13-28(27)21-34(32)43/h1-24H;1-22H. The lowest BCUT2D eigenvalue weighted by molar-refractivity contribution is 0.652. The van der Waals surface area contributed by atoms with Crippen molar-refractivity contribution in [1.82, 2.24) is 34.1 Å². The Morgan fingerprint density at radius 3 is 1.59 bits per heavy atom. The fraction of sp³-hybridized carbons (Fsp3) is 0. The molecule has 93 heavy (non-hydrogen) atoms.